The van der Waals surface area contributed by atoms with E-state index in [1.54, 1.807) is 0 Å². The van der Waals surface area contributed by atoms with Gasteiger partial charge >= 0.3 is 6.18 Å². The van der Waals surface area contributed by atoms with Gasteiger partial charge in [-0.25, -0.2) is 0 Å². The smallest absolute Gasteiger partial charge is 0.324 e. The molecule has 0 saturated carbocycles. The second-order valence-electron chi connectivity index (χ2n) is 2.85. The van der Waals surface area contributed by atoms with E-state index in [0.717, 1.165) is 12.1 Å². The number of nitrogens with two attached hydrogens (primary N) is 1. The van der Waals surface area contributed by atoms with Crippen molar-refractivity contribution in [1.29, 1.82) is 0 Å². The SMILES string of the molecule is NCC(=O)c1cc(Br)cc(C(F)(F)F)c1. The van der Waals surface area contributed by atoms with Crippen LogP contribution in [-0.2, 0) is 6.18 Å². The second-order valence-corrected chi connectivity index (χ2v) is 3.77. The minimum atomic E-state index is -4.46. The molecule has 1 rings (SSSR count). The summed E-state index contributed by atoms with van der Waals surface area (Å²) in [6, 6.07) is 3.01. The van der Waals surface area contributed by atoms with Crippen LogP contribution in [0.3, 0.4) is 0 Å². The van der Waals surface area contributed by atoms with E-state index >= 15 is 0 Å². The highest BCUT2D eigenvalue weighted by atomic mass is 79.9. The molecule has 0 aliphatic carbocycles. The number of alkyl halides is 3. The molecule has 0 bridgehead atoms. The van der Waals surface area contributed by atoms with Crippen LogP contribution in [0.2, 0.25) is 0 Å². The van der Waals surface area contributed by atoms with Gasteiger partial charge in [0.2, 0.25) is 0 Å². The van der Waals surface area contributed by atoms with Crippen LogP contribution >= 0.6 is 15.9 Å². The summed E-state index contributed by atoms with van der Waals surface area (Å²) in [5.41, 5.74) is 4.16. The zero-order valence-corrected chi connectivity index (χ0v) is 9.02. The number of carbonyl (C=O) groups excluding carboxylic acids is 1. The van der Waals surface area contributed by atoms with E-state index in [-0.39, 0.29) is 16.6 Å². The Kier molecular flexibility index (Phi) is 3.51. The first-order valence-electron chi connectivity index (χ1n) is 3.95. The molecule has 2 N–H and O–H groups in total. The highest BCUT2D eigenvalue weighted by Crippen LogP contribution is 2.31. The zero-order valence-electron chi connectivity index (χ0n) is 7.44. The summed E-state index contributed by atoms with van der Waals surface area (Å²) in [6.07, 6.45) is -4.46. The number of hydrogen-bond acceptors (Lipinski definition) is 2. The molecule has 15 heavy (non-hydrogen) atoms. The van der Waals surface area contributed by atoms with Crippen LogP contribution in [0, 0.1) is 0 Å². The van der Waals surface area contributed by atoms with Gasteiger partial charge in [0.15, 0.2) is 5.78 Å². The number of halogens is 4. The zero-order chi connectivity index (χ0) is 11.6. The Morgan fingerprint density at radius 3 is 2.40 bits per heavy atom. The minimum absolute atomic E-state index is 0.0424. The number of benzene rings is 1. The number of Topliss-reactive ketones (excluding diaryl/α,β-unsaturated/α-hetero) is 1. The largest absolute Gasteiger partial charge is 0.416 e. The Morgan fingerprint density at radius 1 is 1.33 bits per heavy atom. The van der Waals surface area contributed by atoms with Crippen molar-refractivity contribution >= 4 is 21.7 Å². The fourth-order valence-electron chi connectivity index (χ4n) is 1.03. The molecule has 0 atom stereocenters. The molecule has 0 amide bonds. The van der Waals surface area contributed by atoms with Crippen molar-refractivity contribution in [3.63, 3.8) is 0 Å². The van der Waals surface area contributed by atoms with E-state index in [1.807, 2.05) is 0 Å². The normalized spacial score (nSPS) is 11.5. The van der Waals surface area contributed by atoms with Gasteiger partial charge in [-0.1, -0.05) is 15.9 Å². The summed E-state index contributed by atoms with van der Waals surface area (Å²) in [5, 5.41) is 0. The quantitative estimate of drug-likeness (QED) is 0.847. The molecule has 0 aliphatic rings. The molecule has 0 unspecified atom stereocenters. The van der Waals surface area contributed by atoms with E-state index in [0.29, 0.717) is 0 Å². The summed E-state index contributed by atoms with van der Waals surface area (Å²) < 4.78 is 37.3. The minimum Gasteiger partial charge on any atom is -0.324 e. The first-order valence-corrected chi connectivity index (χ1v) is 4.75. The fraction of sp³-hybridized carbons (Fsp3) is 0.222. The maximum absolute atomic E-state index is 12.4. The first-order chi connectivity index (χ1) is 6.84. The Bertz CT molecular complexity index is 389. The predicted molar refractivity (Wildman–Crippen MR) is 52.5 cm³/mol. The van der Waals surface area contributed by atoms with E-state index in [2.05, 4.69) is 15.9 Å². The van der Waals surface area contributed by atoms with Crippen molar-refractivity contribution < 1.29 is 18.0 Å². The van der Waals surface area contributed by atoms with Crippen LogP contribution in [0.4, 0.5) is 13.2 Å². The van der Waals surface area contributed by atoms with Crippen molar-refractivity contribution in [2.45, 2.75) is 6.18 Å². The molecule has 0 heterocycles. The average molecular weight is 282 g/mol. The molecule has 0 fully saturated rings. The van der Waals surface area contributed by atoms with Crippen molar-refractivity contribution in [3.05, 3.63) is 33.8 Å². The van der Waals surface area contributed by atoms with E-state index in [1.165, 1.54) is 6.07 Å². The Balaban J connectivity index is 3.23. The summed E-state index contributed by atoms with van der Waals surface area (Å²) in [4.78, 5) is 11.1. The number of ketones is 1. The lowest BCUT2D eigenvalue weighted by molar-refractivity contribution is -0.137. The van der Waals surface area contributed by atoms with Crippen molar-refractivity contribution in [2.24, 2.45) is 5.73 Å². The highest BCUT2D eigenvalue weighted by Gasteiger charge is 2.31. The molecule has 6 heteroatoms. The van der Waals surface area contributed by atoms with Crippen molar-refractivity contribution in [1.82, 2.24) is 0 Å². The second kappa shape index (κ2) is 4.32. The van der Waals surface area contributed by atoms with Crippen LogP contribution < -0.4 is 5.73 Å². The van der Waals surface area contributed by atoms with Gasteiger partial charge in [-0.05, 0) is 18.2 Å². The van der Waals surface area contributed by atoms with Crippen LogP contribution in [0.25, 0.3) is 0 Å². The Hall–Kier alpha value is -0.880. The maximum atomic E-state index is 12.4. The topological polar surface area (TPSA) is 43.1 Å². The summed E-state index contributed by atoms with van der Waals surface area (Å²) >= 11 is 2.91. The van der Waals surface area contributed by atoms with Gasteiger partial charge in [-0.3, -0.25) is 4.79 Å². The van der Waals surface area contributed by atoms with Gasteiger partial charge in [-0.2, -0.15) is 13.2 Å². The maximum Gasteiger partial charge on any atom is 0.416 e. The van der Waals surface area contributed by atoms with E-state index < -0.39 is 17.5 Å². The Morgan fingerprint density at radius 2 is 1.93 bits per heavy atom. The van der Waals surface area contributed by atoms with Crippen LogP contribution in [-0.4, -0.2) is 12.3 Å². The standard InChI is InChI=1S/C9H7BrF3NO/c10-7-2-5(8(15)4-14)1-6(3-7)9(11,12)13/h1-3H,4,14H2. The van der Waals surface area contributed by atoms with Gasteiger partial charge in [0.05, 0.1) is 12.1 Å². The monoisotopic (exact) mass is 281 g/mol. The Labute approximate surface area is 92.4 Å². The van der Waals surface area contributed by atoms with Gasteiger partial charge in [0, 0.05) is 10.0 Å². The van der Waals surface area contributed by atoms with Gasteiger partial charge in [-0.15, -0.1) is 0 Å². The third-order valence-corrected chi connectivity index (χ3v) is 2.19. The molecular weight excluding hydrogens is 275 g/mol. The number of rotatable bonds is 2. The molecule has 0 radical (unpaired) electrons. The van der Waals surface area contributed by atoms with E-state index in [9.17, 15) is 18.0 Å². The summed E-state index contributed by atoms with van der Waals surface area (Å²) in [7, 11) is 0. The third-order valence-electron chi connectivity index (χ3n) is 1.73. The first kappa shape index (κ1) is 12.2. The fourth-order valence-corrected chi connectivity index (χ4v) is 1.53. The third kappa shape index (κ3) is 3.04. The van der Waals surface area contributed by atoms with Crippen LogP contribution in [0.15, 0.2) is 22.7 Å². The lowest BCUT2D eigenvalue weighted by Gasteiger charge is -2.08. The lowest BCUT2D eigenvalue weighted by Crippen LogP contribution is -2.15. The molecule has 1 aromatic rings. The molecule has 0 saturated heterocycles. The predicted octanol–water partition coefficient (Wildman–Crippen LogP) is 2.61. The van der Waals surface area contributed by atoms with Crippen molar-refractivity contribution in [3.8, 4) is 0 Å². The number of hydrogen-bond donors (Lipinski definition) is 1. The molecule has 0 aliphatic heterocycles. The van der Waals surface area contributed by atoms with E-state index in [4.69, 9.17) is 5.73 Å². The molecular formula is C9H7BrF3NO. The lowest BCUT2D eigenvalue weighted by atomic mass is 10.1. The molecule has 0 spiro atoms. The highest BCUT2D eigenvalue weighted by molar-refractivity contribution is 9.10. The van der Waals surface area contributed by atoms with Crippen LogP contribution in [0.1, 0.15) is 15.9 Å². The molecule has 1 aromatic carbocycles. The molecule has 0 aromatic heterocycles. The summed E-state index contributed by atoms with van der Waals surface area (Å²) in [6.45, 7) is -0.312. The van der Waals surface area contributed by atoms with Crippen molar-refractivity contribution in [2.75, 3.05) is 6.54 Å². The number of carbonyl (C=O) groups is 1. The molecule has 82 valence electrons. The average Bonchev–Trinajstić information content (AvgIpc) is 2.14. The summed E-state index contributed by atoms with van der Waals surface area (Å²) in [5.74, 6) is -0.526. The van der Waals surface area contributed by atoms with Crippen LogP contribution in [0.5, 0.6) is 0 Å². The van der Waals surface area contributed by atoms with Gasteiger partial charge in [0.25, 0.3) is 0 Å². The molecule has 2 nitrogen and oxygen atoms in total. The van der Waals surface area contributed by atoms with Gasteiger partial charge in [0.1, 0.15) is 0 Å². The van der Waals surface area contributed by atoms with Gasteiger partial charge < -0.3 is 5.73 Å².